The number of carbonyl (C=O) groups is 2. The summed E-state index contributed by atoms with van der Waals surface area (Å²) in [6, 6.07) is 8.45. The number of methoxy groups -OCH3 is 1. The number of β-lactam (4-membered cyclic amide) rings is 1. The Morgan fingerprint density at radius 3 is 2.52 bits per heavy atom. The molecule has 8 heteroatoms. The molecule has 0 N–H and O–H groups in total. The molecular weight excluding hydrogens is 386 g/mol. The Morgan fingerprint density at radius 1 is 1.35 bits per heavy atom. The van der Waals surface area contributed by atoms with Crippen LogP contribution in [0.1, 0.15) is 17.3 Å². The van der Waals surface area contributed by atoms with Crippen LogP contribution in [-0.4, -0.2) is 47.8 Å². The number of allylic oxidation sites excluding steroid dienone is 1. The molecule has 2 aliphatic rings. The molecule has 0 unspecified atom stereocenters. The van der Waals surface area contributed by atoms with Crippen LogP contribution in [0.2, 0.25) is 0 Å². The van der Waals surface area contributed by atoms with Crippen molar-refractivity contribution in [1.82, 2.24) is 4.90 Å². The van der Waals surface area contributed by atoms with E-state index in [1.807, 2.05) is 0 Å². The van der Waals surface area contributed by atoms with Crippen molar-refractivity contribution in [3.05, 3.63) is 47.2 Å². The van der Waals surface area contributed by atoms with Crippen LogP contribution < -0.4 is 0 Å². The molecule has 2 heterocycles. The van der Waals surface area contributed by atoms with Crippen molar-refractivity contribution in [2.75, 3.05) is 12.9 Å². The SMILES string of the molecule is CO[C@@]1(Br)C(=O)N2C(C(=O)c3ccccc3)=C(C)CS(=O)(=O)[C@H]21. The topological polar surface area (TPSA) is 80.8 Å². The summed E-state index contributed by atoms with van der Waals surface area (Å²) in [5, 5.41) is -1.24. The normalized spacial score (nSPS) is 29.1. The van der Waals surface area contributed by atoms with E-state index in [-0.39, 0.29) is 17.2 Å². The highest BCUT2D eigenvalue weighted by Crippen LogP contribution is 2.48. The molecule has 0 bridgehead atoms. The van der Waals surface area contributed by atoms with Gasteiger partial charge in [-0.05, 0) is 28.4 Å². The number of sulfone groups is 1. The molecule has 0 aliphatic carbocycles. The molecule has 6 nitrogen and oxygen atoms in total. The standard InChI is InChI=1S/C15H14BrNO5S/c1-9-8-23(20,21)14-15(16,22-2)13(19)17(14)11(9)12(18)10-6-4-3-5-7-10/h3-7,14H,8H2,1-2H3/t14-,15-/m0/s1. The molecule has 0 radical (unpaired) electrons. The molecule has 122 valence electrons. The molecule has 2 aliphatic heterocycles. The molecule has 0 aromatic heterocycles. The van der Waals surface area contributed by atoms with Crippen molar-refractivity contribution in [3.8, 4) is 0 Å². The van der Waals surface area contributed by atoms with Gasteiger partial charge in [0.15, 0.2) is 15.2 Å². The number of ketones is 1. The number of hydrogen-bond donors (Lipinski definition) is 0. The first-order valence-corrected chi connectivity index (χ1v) is 9.33. The maximum Gasteiger partial charge on any atom is 0.275 e. The Morgan fingerprint density at radius 2 is 1.96 bits per heavy atom. The third-order valence-corrected chi connectivity index (χ3v) is 7.47. The fraction of sp³-hybridized carbons (Fsp3) is 0.333. The van der Waals surface area contributed by atoms with E-state index in [2.05, 4.69) is 15.9 Å². The summed E-state index contributed by atoms with van der Waals surface area (Å²) in [5.74, 6) is -1.25. The summed E-state index contributed by atoms with van der Waals surface area (Å²) < 4.78 is 28.3. The zero-order chi connectivity index (χ0) is 17.0. The molecular formula is C15H14BrNO5S. The molecule has 1 saturated heterocycles. The summed E-state index contributed by atoms with van der Waals surface area (Å²) in [5.41, 5.74) is 0.874. The highest BCUT2D eigenvalue weighted by molar-refractivity contribution is 9.10. The summed E-state index contributed by atoms with van der Waals surface area (Å²) in [6.45, 7) is 1.55. The molecule has 2 atom stereocenters. The van der Waals surface area contributed by atoms with Gasteiger partial charge >= 0.3 is 0 Å². The van der Waals surface area contributed by atoms with E-state index in [1.54, 1.807) is 37.3 Å². The molecule has 1 aromatic rings. The number of hydrogen-bond acceptors (Lipinski definition) is 5. The second-order valence-corrected chi connectivity index (χ2v) is 8.75. The molecule has 0 saturated carbocycles. The molecule has 3 rings (SSSR count). The second kappa shape index (κ2) is 5.25. The predicted octanol–water partition coefficient (Wildman–Crippen LogP) is 1.48. The number of fused-ring (bicyclic) bond motifs is 1. The van der Waals surface area contributed by atoms with Crippen molar-refractivity contribution < 1.29 is 22.7 Å². The zero-order valence-corrected chi connectivity index (χ0v) is 14.8. The van der Waals surface area contributed by atoms with Crippen LogP contribution in [0.25, 0.3) is 0 Å². The minimum atomic E-state index is -3.65. The smallest absolute Gasteiger partial charge is 0.275 e. The van der Waals surface area contributed by atoms with Gasteiger partial charge in [0.25, 0.3) is 5.91 Å². The summed E-state index contributed by atoms with van der Waals surface area (Å²) in [7, 11) is -2.40. The number of halogens is 1. The number of nitrogens with zero attached hydrogens (tertiary/aromatic N) is 1. The lowest BCUT2D eigenvalue weighted by Gasteiger charge is -2.53. The lowest BCUT2D eigenvalue weighted by molar-refractivity contribution is -0.163. The average molecular weight is 400 g/mol. The highest BCUT2D eigenvalue weighted by Gasteiger charge is 2.69. The van der Waals surface area contributed by atoms with Gasteiger partial charge in [0, 0.05) is 12.7 Å². The lowest BCUT2D eigenvalue weighted by atomic mass is 9.99. The average Bonchev–Trinajstić information content (AvgIpc) is 2.52. The Labute approximate surface area is 142 Å². The largest absolute Gasteiger partial charge is 0.355 e. The summed E-state index contributed by atoms with van der Waals surface area (Å²) >= 11 is 3.08. The molecule has 23 heavy (non-hydrogen) atoms. The van der Waals surface area contributed by atoms with Gasteiger partial charge in [0.1, 0.15) is 0 Å². The number of benzene rings is 1. The molecule has 1 fully saturated rings. The van der Waals surface area contributed by atoms with E-state index in [9.17, 15) is 18.0 Å². The third kappa shape index (κ3) is 2.20. The first-order chi connectivity index (χ1) is 10.7. The quantitative estimate of drug-likeness (QED) is 0.436. The number of Topliss-reactive ketones (excluding diaryl/α,β-unsaturated/α-hetero) is 1. The minimum Gasteiger partial charge on any atom is -0.355 e. The van der Waals surface area contributed by atoms with Crippen molar-refractivity contribution >= 4 is 37.5 Å². The first kappa shape index (κ1) is 16.4. The Hall–Kier alpha value is -1.51. The Balaban J connectivity index is 2.12. The van der Waals surface area contributed by atoms with Crippen molar-refractivity contribution in [3.63, 3.8) is 0 Å². The van der Waals surface area contributed by atoms with E-state index < -0.39 is 25.6 Å². The summed E-state index contributed by atoms with van der Waals surface area (Å²) in [4.78, 5) is 26.2. The van der Waals surface area contributed by atoms with Gasteiger partial charge in [0.2, 0.25) is 10.3 Å². The molecule has 0 spiro atoms. The van der Waals surface area contributed by atoms with E-state index >= 15 is 0 Å². The second-order valence-electron chi connectivity index (χ2n) is 5.51. The number of ether oxygens (including phenoxy) is 1. The van der Waals surface area contributed by atoms with Crippen LogP contribution in [0.4, 0.5) is 0 Å². The van der Waals surface area contributed by atoms with E-state index in [0.29, 0.717) is 11.1 Å². The van der Waals surface area contributed by atoms with Crippen molar-refractivity contribution in [2.24, 2.45) is 0 Å². The zero-order valence-electron chi connectivity index (χ0n) is 12.4. The van der Waals surface area contributed by atoms with Crippen LogP contribution >= 0.6 is 15.9 Å². The maximum atomic E-state index is 12.8. The van der Waals surface area contributed by atoms with Gasteiger partial charge in [-0.2, -0.15) is 0 Å². The van der Waals surface area contributed by atoms with Crippen molar-refractivity contribution in [2.45, 2.75) is 16.8 Å². The lowest BCUT2D eigenvalue weighted by Crippen LogP contribution is -2.75. The van der Waals surface area contributed by atoms with Crippen LogP contribution in [0.15, 0.2) is 41.6 Å². The van der Waals surface area contributed by atoms with Crippen LogP contribution in [-0.2, 0) is 19.4 Å². The van der Waals surface area contributed by atoms with Crippen LogP contribution in [0.5, 0.6) is 0 Å². The summed E-state index contributed by atoms with van der Waals surface area (Å²) in [6.07, 6.45) is 0. The predicted molar refractivity (Wildman–Crippen MR) is 86.6 cm³/mol. The maximum absolute atomic E-state index is 12.8. The van der Waals surface area contributed by atoms with Crippen molar-refractivity contribution in [1.29, 1.82) is 0 Å². The van der Waals surface area contributed by atoms with Gasteiger partial charge < -0.3 is 4.74 Å². The van der Waals surface area contributed by atoms with Gasteiger partial charge in [-0.25, -0.2) is 8.42 Å². The fourth-order valence-corrected chi connectivity index (χ4v) is 6.29. The van der Waals surface area contributed by atoms with E-state index in [4.69, 9.17) is 4.74 Å². The molecule has 1 amide bonds. The van der Waals surface area contributed by atoms with E-state index in [0.717, 1.165) is 4.90 Å². The number of alkyl halides is 1. The number of carbonyl (C=O) groups excluding carboxylic acids is 2. The number of amides is 1. The van der Waals surface area contributed by atoms with Gasteiger partial charge in [-0.3, -0.25) is 14.5 Å². The monoisotopic (exact) mass is 399 g/mol. The number of rotatable bonds is 3. The van der Waals surface area contributed by atoms with Crippen LogP contribution in [0.3, 0.4) is 0 Å². The Kier molecular flexibility index (Phi) is 3.74. The van der Waals surface area contributed by atoms with Crippen LogP contribution in [0, 0.1) is 0 Å². The minimum absolute atomic E-state index is 0.119. The first-order valence-electron chi connectivity index (χ1n) is 6.83. The fourth-order valence-electron chi connectivity index (χ4n) is 2.96. The van der Waals surface area contributed by atoms with Gasteiger partial charge in [-0.15, -0.1) is 0 Å². The Bertz CT molecular complexity index is 833. The highest BCUT2D eigenvalue weighted by atomic mass is 79.9. The third-order valence-electron chi connectivity index (χ3n) is 4.01. The van der Waals surface area contributed by atoms with Gasteiger partial charge in [-0.1, -0.05) is 30.3 Å². The molecule has 1 aromatic carbocycles. The van der Waals surface area contributed by atoms with Gasteiger partial charge in [0.05, 0.1) is 11.4 Å². The van der Waals surface area contributed by atoms with E-state index in [1.165, 1.54) is 7.11 Å².